The Morgan fingerprint density at radius 3 is 2.11 bits per heavy atom. The molecule has 1 aromatic heterocycles. The summed E-state index contributed by atoms with van der Waals surface area (Å²) in [5, 5.41) is 0. The Hall–Kier alpha value is -1.85. The molecule has 19 heavy (non-hydrogen) atoms. The molecule has 0 aliphatic carbocycles. The SMILES string of the molecule is C[C@H](N)C(N)(c1ccc(F)cc1)c1ccc(F)nc1. The average Bonchev–Trinajstić information content (AvgIpc) is 2.39. The first-order valence-corrected chi connectivity index (χ1v) is 5.87. The number of pyridine rings is 1. The molecule has 2 atom stereocenters. The highest BCUT2D eigenvalue weighted by molar-refractivity contribution is 5.38. The second kappa shape index (κ2) is 5.03. The first kappa shape index (κ1) is 13.6. The van der Waals surface area contributed by atoms with Gasteiger partial charge in [-0.2, -0.15) is 4.39 Å². The Labute approximate surface area is 110 Å². The largest absolute Gasteiger partial charge is 0.326 e. The van der Waals surface area contributed by atoms with Gasteiger partial charge in [-0.15, -0.1) is 0 Å². The zero-order valence-corrected chi connectivity index (χ0v) is 10.5. The number of benzene rings is 1. The third-order valence-electron chi connectivity index (χ3n) is 3.25. The van der Waals surface area contributed by atoms with E-state index in [0.29, 0.717) is 11.1 Å². The maximum Gasteiger partial charge on any atom is 0.212 e. The lowest BCUT2D eigenvalue weighted by atomic mass is 9.79. The predicted molar refractivity (Wildman–Crippen MR) is 69.2 cm³/mol. The molecule has 1 heterocycles. The van der Waals surface area contributed by atoms with E-state index in [1.165, 1.54) is 30.5 Å². The smallest absolute Gasteiger partial charge is 0.212 e. The first-order valence-electron chi connectivity index (χ1n) is 5.87. The maximum absolute atomic E-state index is 13.0. The van der Waals surface area contributed by atoms with Crippen LogP contribution in [0.4, 0.5) is 8.78 Å². The van der Waals surface area contributed by atoms with Crippen molar-refractivity contribution < 1.29 is 8.78 Å². The topological polar surface area (TPSA) is 64.9 Å². The Bertz CT molecular complexity index is 504. The highest BCUT2D eigenvalue weighted by Gasteiger charge is 2.34. The summed E-state index contributed by atoms with van der Waals surface area (Å²) >= 11 is 0. The lowest BCUT2D eigenvalue weighted by molar-refractivity contribution is 0.441. The molecule has 4 N–H and O–H groups in total. The van der Waals surface area contributed by atoms with Crippen LogP contribution >= 0.6 is 0 Å². The molecule has 0 saturated heterocycles. The van der Waals surface area contributed by atoms with Gasteiger partial charge in [-0.1, -0.05) is 18.2 Å². The van der Waals surface area contributed by atoms with Crippen LogP contribution in [0.2, 0.25) is 0 Å². The Balaban J connectivity index is 2.54. The van der Waals surface area contributed by atoms with Gasteiger partial charge >= 0.3 is 0 Å². The molecular formula is C14H15F2N3. The van der Waals surface area contributed by atoms with E-state index in [2.05, 4.69) is 4.98 Å². The van der Waals surface area contributed by atoms with Crippen LogP contribution in [0.25, 0.3) is 0 Å². The summed E-state index contributed by atoms with van der Waals surface area (Å²) in [6, 6.07) is 8.08. The third-order valence-corrected chi connectivity index (χ3v) is 3.25. The summed E-state index contributed by atoms with van der Waals surface area (Å²) in [5.41, 5.74) is 12.5. The number of hydrogen-bond donors (Lipinski definition) is 2. The quantitative estimate of drug-likeness (QED) is 0.831. The minimum absolute atomic E-state index is 0.354. The molecule has 3 nitrogen and oxygen atoms in total. The summed E-state index contributed by atoms with van der Waals surface area (Å²) in [6.07, 6.45) is 1.35. The molecule has 5 heteroatoms. The minimum atomic E-state index is -1.05. The fraction of sp³-hybridized carbons (Fsp3) is 0.214. The molecule has 100 valence electrons. The molecule has 0 amide bonds. The van der Waals surface area contributed by atoms with Gasteiger partial charge in [-0.3, -0.25) is 0 Å². The van der Waals surface area contributed by atoms with Crippen LogP contribution in [0.3, 0.4) is 0 Å². The second-order valence-corrected chi connectivity index (χ2v) is 4.53. The van der Waals surface area contributed by atoms with Crippen molar-refractivity contribution in [3.05, 3.63) is 65.5 Å². The Morgan fingerprint density at radius 2 is 1.63 bits per heavy atom. The fourth-order valence-electron chi connectivity index (χ4n) is 2.04. The van der Waals surface area contributed by atoms with E-state index in [1.54, 1.807) is 19.1 Å². The van der Waals surface area contributed by atoms with E-state index in [0.717, 1.165) is 0 Å². The molecule has 1 aromatic carbocycles. The van der Waals surface area contributed by atoms with Gasteiger partial charge in [0.1, 0.15) is 5.82 Å². The van der Waals surface area contributed by atoms with Gasteiger partial charge in [0.05, 0.1) is 5.54 Å². The van der Waals surface area contributed by atoms with E-state index in [1.807, 2.05) is 0 Å². The molecule has 2 rings (SSSR count). The van der Waals surface area contributed by atoms with Gasteiger partial charge in [-0.05, 0) is 36.2 Å². The molecule has 0 saturated carbocycles. The third kappa shape index (κ3) is 2.47. The lowest BCUT2D eigenvalue weighted by Crippen LogP contribution is -2.51. The zero-order chi connectivity index (χ0) is 14.0. The molecule has 0 aliphatic heterocycles. The number of nitrogens with two attached hydrogens (primary N) is 2. The highest BCUT2D eigenvalue weighted by atomic mass is 19.1. The summed E-state index contributed by atoms with van der Waals surface area (Å²) in [6.45, 7) is 1.74. The standard InChI is InChI=1S/C14H15F2N3/c1-9(17)14(18,10-2-5-12(15)6-3-10)11-4-7-13(16)19-8-11/h2-9H,17-18H2,1H3/t9-,14?/m0/s1. The van der Waals surface area contributed by atoms with Crippen LogP contribution in [0.5, 0.6) is 0 Å². The van der Waals surface area contributed by atoms with Gasteiger partial charge < -0.3 is 11.5 Å². The molecule has 0 aliphatic rings. The van der Waals surface area contributed by atoms with Gasteiger partial charge in [0.2, 0.25) is 5.95 Å². The molecule has 0 radical (unpaired) electrons. The van der Waals surface area contributed by atoms with Crippen molar-refractivity contribution in [2.45, 2.75) is 18.5 Å². The van der Waals surface area contributed by atoms with E-state index >= 15 is 0 Å². The van der Waals surface area contributed by atoms with Crippen LogP contribution in [-0.4, -0.2) is 11.0 Å². The van der Waals surface area contributed by atoms with E-state index in [-0.39, 0.29) is 5.82 Å². The van der Waals surface area contributed by atoms with Crippen LogP contribution in [0.15, 0.2) is 42.6 Å². The Morgan fingerprint density at radius 1 is 1.05 bits per heavy atom. The number of aromatic nitrogens is 1. The zero-order valence-electron chi connectivity index (χ0n) is 10.5. The summed E-state index contributed by atoms with van der Waals surface area (Å²) < 4.78 is 25.9. The van der Waals surface area contributed by atoms with Crippen molar-refractivity contribution >= 4 is 0 Å². The van der Waals surface area contributed by atoms with Gasteiger partial charge in [0.25, 0.3) is 0 Å². The van der Waals surface area contributed by atoms with Crippen LogP contribution in [0, 0.1) is 11.8 Å². The monoisotopic (exact) mass is 263 g/mol. The molecule has 2 aromatic rings. The van der Waals surface area contributed by atoms with Gasteiger partial charge in [0.15, 0.2) is 0 Å². The van der Waals surface area contributed by atoms with Crippen molar-refractivity contribution in [1.29, 1.82) is 0 Å². The molecule has 1 unspecified atom stereocenters. The number of nitrogens with zero attached hydrogens (tertiary/aromatic N) is 1. The van der Waals surface area contributed by atoms with Gasteiger partial charge in [0, 0.05) is 12.2 Å². The Kier molecular flexibility index (Phi) is 3.59. The van der Waals surface area contributed by atoms with Crippen molar-refractivity contribution in [3.8, 4) is 0 Å². The number of halogens is 2. The maximum atomic E-state index is 13.0. The molecule has 0 bridgehead atoms. The normalized spacial score (nSPS) is 15.8. The van der Waals surface area contributed by atoms with E-state index < -0.39 is 17.5 Å². The molecular weight excluding hydrogens is 248 g/mol. The minimum Gasteiger partial charge on any atom is -0.326 e. The number of rotatable bonds is 3. The van der Waals surface area contributed by atoms with Crippen molar-refractivity contribution in [2.75, 3.05) is 0 Å². The van der Waals surface area contributed by atoms with Crippen molar-refractivity contribution in [2.24, 2.45) is 11.5 Å². The number of hydrogen-bond acceptors (Lipinski definition) is 3. The van der Waals surface area contributed by atoms with Crippen molar-refractivity contribution in [3.63, 3.8) is 0 Å². The van der Waals surface area contributed by atoms with Crippen molar-refractivity contribution in [1.82, 2.24) is 4.98 Å². The van der Waals surface area contributed by atoms with E-state index in [4.69, 9.17) is 11.5 Å². The summed E-state index contributed by atoms with van der Waals surface area (Å²) in [5.74, 6) is -0.942. The van der Waals surface area contributed by atoms with Crippen LogP contribution < -0.4 is 11.5 Å². The first-order chi connectivity index (χ1) is 8.94. The fourth-order valence-corrected chi connectivity index (χ4v) is 2.04. The second-order valence-electron chi connectivity index (χ2n) is 4.53. The summed E-state index contributed by atoms with van der Waals surface area (Å²) in [7, 11) is 0. The average molecular weight is 263 g/mol. The molecule has 0 spiro atoms. The van der Waals surface area contributed by atoms with E-state index in [9.17, 15) is 8.78 Å². The highest BCUT2D eigenvalue weighted by Crippen LogP contribution is 2.29. The van der Waals surface area contributed by atoms with Crippen LogP contribution in [0.1, 0.15) is 18.1 Å². The summed E-state index contributed by atoms with van der Waals surface area (Å²) in [4.78, 5) is 3.59. The van der Waals surface area contributed by atoms with Gasteiger partial charge in [-0.25, -0.2) is 9.37 Å². The van der Waals surface area contributed by atoms with Crippen LogP contribution in [-0.2, 0) is 5.54 Å². The molecule has 0 fully saturated rings. The predicted octanol–water partition coefficient (Wildman–Crippen LogP) is 1.91. The lowest BCUT2D eigenvalue weighted by Gasteiger charge is -2.34.